The van der Waals surface area contributed by atoms with E-state index in [2.05, 4.69) is 37.6 Å². The lowest BCUT2D eigenvalue weighted by atomic mass is 10.2. The summed E-state index contributed by atoms with van der Waals surface area (Å²) in [5.74, 6) is -0.234. The van der Waals surface area contributed by atoms with E-state index in [1.54, 1.807) is 6.20 Å². The minimum Gasteiger partial charge on any atom is -0.378 e. The van der Waals surface area contributed by atoms with Gasteiger partial charge in [0.05, 0.1) is 19.1 Å². The van der Waals surface area contributed by atoms with Gasteiger partial charge in [0.15, 0.2) is 0 Å². The lowest BCUT2D eigenvalue weighted by Crippen LogP contribution is -2.36. The van der Waals surface area contributed by atoms with Crippen molar-refractivity contribution in [1.82, 2.24) is 9.97 Å². The molecule has 1 aliphatic heterocycles. The summed E-state index contributed by atoms with van der Waals surface area (Å²) in [6.45, 7) is 3.33. The third-order valence-electron chi connectivity index (χ3n) is 5.52. The number of alkyl halides is 1. The molecule has 2 atom stereocenters. The minimum atomic E-state index is -0.997. The lowest BCUT2D eigenvalue weighted by Gasteiger charge is -2.28. The van der Waals surface area contributed by atoms with Crippen LogP contribution < -0.4 is 15.5 Å². The Bertz CT molecular complexity index is 1110. The topological polar surface area (TPSA) is 79.4 Å². The molecule has 0 bridgehead atoms. The van der Waals surface area contributed by atoms with Crippen LogP contribution in [0.4, 0.5) is 27.4 Å². The standard InChI is InChI=1S/C24H24FN5O2S/c25-21-15-20(21)23(31)27-16-3-7-19(8-4-16)33-22-9-10-26-24(29-22)28-17-1-5-18(6-2-17)30-11-13-32-14-12-30/h1-10,20-21H,11-15H2,(H,27,31)(H,26,28,29)/t20-,21-/m1/s1. The second-order valence-electron chi connectivity index (χ2n) is 7.96. The molecule has 1 saturated carbocycles. The molecule has 170 valence electrons. The summed E-state index contributed by atoms with van der Waals surface area (Å²) in [6.07, 6.45) is 1.04. The van der Waals surface area contributed by atoms with E-state index in [4.69, 9.17) is 4.74 Å². The van der Waals surface area contributed by atoms with Crippen molar-refractivity contribution in [2.45, 2.75) is 22.5 Å². The molecule has 5 rings (SSSR count). The largest absolute Gasteiger partial charge is 0.378 e. The van der Waals surface area contributed by atoms with E-state index in [9.17, 15) is 9.18 Å². The van der Waals surface area contributed by atoms with Crippen LogP contribution in [0.15, 0.2) is 70.7 Å². The number of carbonyl (C=O) groups excluding carboxylic acids is 1. The average molecular weight is 466 g/mol. The highest BCUT2D eigenvalue weighted by Crippen LogP contribution is 2.35. The van der Waals surface area contributed by atoms with Crippen LogP contribution >= 0.6 is 11.8 Å². The number of hydrogen-bond donors (Lipinski definition) is 2. The highest BCUT2D eigenvalue weighted by atomic mass is 32.2. The fraction of sp³-hybridized carbons (Fsp3) is 0.292. The summed E-state index contributed by atoms with van der Waals surface area (Å²) < 4.78 is 18.4. The van der Waals surface area contributed by atoms with E-state index >= 15 is 0 Å². The fourth-order valence-corrected chi connectivity index (χ4v) is 4.34. The van der Waals surface area contributed by atoms with Gasteiger partial charge in [0.2, 0.25) is 11.9 Å². The van der Waals surface area contributed by atoms with Crippen molar-refractivity contribution in [2.24, 2.45) is 5.92 Å². The van der Waals surface area contributed by atoms with Gasteiger partial charge in [-0.2, -0.15) is 0 Å². The molecule has 0 unspecified atom stereocenters. The minimum absolute atomic E-state index is 0.257. The van der Waals surface area contributed by atoms with Gasteiger partial charge in [-0.1, -0.05) is 11.8 Å². The maximum atomic E-state index is 13.0. The molecular weight excluding hydrogens is 441 g/mol. The number of ether oxygens (including phenoxy) is 1. The highest BCUT2D eigenvalue weighted by Gasteiger charge is 2.43. The molecular formula is C24H24FN5O2S. The van der Waals surface area contributed by atoms with E-state index in [1.807, 2.05) is 42.5 Å². The molecule has 3 aromatic rings. The van der Waals surface area contributed by atoms with Crippen LogP contribution in [-0.4, -0.2) is 48.4 Å². The van der Waals surface area contributed by atoms with Gasteiger partial charge in [0.1, 0.15) is 11.2 Å². The smallest absolute Gasteiger partial charge is 0.230 e. The molecule has 1 aromatic heterocycles. The van der Waals surface area contributed by atoms with Crippen LogP contribution in [0.25, 0.3) is 0 Å². The summed E-state index contributed by atoms with van der Waals surface area (Å²) in [4.78, 5) is 24.1. The van der Waals surface area contributed by atoms with Crippen molar-refractivity contribution in [1.29, 1.82) is 0 Å². The number of rotatable bonds is 7. The first-order valence-electron chi connectivity index (χ1n) is 10.9. The van der Waals surface area contributed by atoms with Crippen LogP contribution in [0.3, 0.4) is 0 Å². The van der Waals surface area contributed by atoms with Crippen molar-refractivity contribution >= 4 is 40.7 Å². The summed E-state index contributed by atoms with van der Waals surface area (Å²) in [5.41, 5.74) is 2.75. The van der Waals surface area contributed by atoms with Crippen LogP contribution in [0.5, 0.6) is 0 Å². The lowest BCUT2D eigenvalue weighted by molar-refractivity contribution is -0.117. The van der Waals surface area contributed by atoms with Gasteiger partial charge in [0.25, 0.3) is 0 Å². The number of morpholine rings is 1. The van der Waals surface area contributed by atoms with Crippen molar-refractivity contribution in [2.75, 3.05) is 41.8 Å². The summed E-state index contributed by atoms with van der Waals surface area (Å²) in [7, 11) is 0. The van der Waals surface area contributed by atoms with E-state index in [-0.39, 0.29) is 5.91 Å². The Labute approximate surface area is 195 Å². The molecule has 9 heteroatoms. The fourth-order valence-electron chi connectivity index (χ4n) is 3.56. The maximum absolute atomic E-state index is 13.0. The van der Waals surface area contributed by atoms with Crippen molar-refractivity contribution < 1.29 is 13.9 Å². The second-order valence-corrected chi connectivity index (χ2v) is 9.06. The predicted molar refractivity (Wildman–Crippen MR) is 127 cm³/mol. The first-order chi connectivity index (χ1) is 16.1. The molecule has 2 heterocycles. The molecule has 2 aliphatic rings. The Morgan fingerprint density at radius 3 is 2.42 bits per heavy atom. The third-order valence-corrected chi connectivity index (χ3v) is 6.47. The number of amides is 1. The molecule has 2 N–H and O–H groups in total. The van der Waals surface area contributed by atoms with Gasteiger partial charge < -0.3 is 20.3 Å². The van der Waals surface area contributed by atoms with Crippen molar-refractivity contribution in [3.63, 3.8) is 0 Å². The molecule has 1 aliphatic carbocycles. The molecule has 33 heavy (non-hydrogen) atoms. The van der Waals surface area contributed by atoms with Gasteiger partial charge in [-0.15, -0.1) is 0 Å². The average Bonchev–Trinajstić information content (AvgIpc) is 3.58. The Hall–Kier alpha value is -3.17. The van der Waals surface area contributed by atoms with Crippen LogP contribution in [0.1, 0.15) is 6.42 Å². The number of anilines is 4. The summed E-state index contributed by atoms with van der Waals surface area (Å²) >= 11 is 1.50. The van der Waals surface area contributed by atoms with Gasteiger partial charge in [-0.3, -0.25) is 4.79 Å². The number of hydrogen-bond acceptors (Lipinski definition) is 7. The molecule has 1 saturated heterocycles. The van der Waals surface area contributed by atoms with E-state index in [0.29, 0.717) is 18.1 Å². The predicted octanol–water partition coefficient (Wildman–Crippen LogP) is 4.50. The zero-order chi connectivity index (χ0) is 22.6. The number of halogens is 1. The zero-order valence-corrected chi connectivity index (χ0v) is 18.7. The number of benzene rings is 2. The summed E-state index contributed by atoms with van der Waals surface area (Å²) in [5, 5.41) is 6.81. The molecule has 7 nitrogen and oxygen atoms in total. The van der Waals surface area contributed by atoms with E-state index < -0.39 is 12.1 Å². The number of nitrogens with one attached hydrogen (secondary N) is 2. The number of nitrogens with zero attached hydrogens (tertiary/aromatic N) is 3. The van der Waals surface area contributed by atoms with Crippen LogP contribution in [0, 0.1) is 5.92 Å². The molecule has 2 fully saturated rings. The van der Waals surface area contributed by atoms with Gasteiger partial charge >= 0.3 is 0 Å². The highest BCUT2D eigenvalue weighted by molar-refractivity contribution is 7.99. The number of carbonyl (C=O) groups is 1. The SMILES string of the molecule is O=C(Nc1ccc(Sc2ccnc(Nc3ccc(N4CCOCC4)cc3)n2)cc1)[C@@H]1C[C@H]1F. The first-order valence-corrected chi connectivity index (χ1v) is 11.7. The van der Waals surface area contributed by atoms with Gasteiger partial charge in [-0.25, -0.2) is 14.4 Å². The van der Waals surface area contributed by atoms with E-state index in [0.717, 1.165) is 41.9 Å². The van der Waals surface area contributed by atoms with Gasteiger partial charge in [0, 0.05) is 41.2 Å². The van der Waals surface area contributed by atoms with Crippen molar-refractivity contribution in [3.8, 4) is 0 Å². The molecule has 0 spiro atoms. The molecule has 0 radical (unpaired) electrons. The Kier molecular flexibility index (Phi) is 6.41. The van der Waals surface area contributed by atoms with Crippen molar-refractivity contribution in [3.05, 3.63) is 60.8 Å². The first kappa shape index (κ1) is 21.7. The Balaban J connectivity index is 1.18. The Morgan fingerprint density at radius 2 is 1.73 bits per heavy atom. The normalized spacial score (nSPS) is 19.7. The quantitative estimate of drug-likeness (QED) is 0.497. The monoisotopic (exact) mass is 465 g/mol. The Morgan fingerprint density at radius 1 is 1.03 bits per heavy atom. The third kappa shape index (κ3) is 5.61. The van der Waals surface area contributed by atoms with Crippen LogP contribution in [0.2, 0.25) is 0 Å². The van der Waals surface area contributed by atoms with Gasteiger partial charge in [-0.05, 0) is 61.0 Å². The molecule has 2 aromatic carbocycles. The maximum Gasteiger partial charge on any atom is 0.230 e. The zero-order valence-electron chi connectivity index (χ0n) is 17.9. The van der Waals surface area contributed by atoms with E-state index in [1.165, 1.54) is 17.4 Å². The van der Waals surface area contributed by atoms with Crippen LogP contribution in [-0.2, 0) is 9.53 Å². The second kappa shape index (κ2) is 9.76. The number of aromatic nitrogens is 2. The molecule has 1 amide bonds. The summed E-state index contributed by atoms with van der Waals surface area (Å²) in [6, 6.07) is 17.5.